The smallest absolute Gasteiger partial charge is 0.243 e. The second-order valence-corrected chi connectivity index (χ2v) is 7.08. The molecule has 0 N–H and O–H groups in total. The van der Waals surface area contributed by atoms with Crippen LogP contribution >= 0.6 is 0 Å². The molecular weight excluding hydrogens is 316 g/mol. The van der Waals surface area contributed by atoms with Crippen molar-refractivity contribution < 1.29 is 17.0 Å². The third-order valence-electron chi connectivity index (χ3n) is 4.88. The Labute approximate surface area is 157 Å². The highest BCUT2D eigenvalue weighted by Crippen LogP contribution is 2.12. The van der Waals surface area contributed by atoms with E-state index in [0.717, 1.165) is 6.54 Å². The molecule has 0 atom stereocenters. The van der Waals surface area contributed by atoms with Crippen LogP contribution in [-0.4, -0.2) is 4.57 Å². The van der Waals surface area contributed by atoms with Gasteiger partial charge in [0.25, 0.3) is 0 Å². The van der Waals surface area contributed by atoms with Gasteiger partial charge in [-0.1, -0.05) is 84.0 Å². The summed E-state index contributed by atoms with van der Waals surface area (Å²) in [7, 11) is 0. The van der Waals surface area contributed by atoms with Crippen molar-refractivity contribution in [3.05, 3.63) is 18.7 Å². The van der Waals surface area contributed by atoms with Crippen LogP contribution in [0, 0.1) is 0 Å². The summed E-state index contributed by atoms with van der Waals surface area (Å²) in [6.07, 6.45) is 26.7. The molecule has 1 aromatic heterocycles. The van der Waals surface area contributed by atoms with Gasteiger partial charge in [-0.15, -0.1) is 0 Å². The Morgan fingerprint density at radius 2 is 1.12 bits per heavy atom. The van der Waals surface area contributed by atoms with E-state index >= 15 is 0 Å². The molecule has 24 heavy (non-hydrogen) atoms. The van der Waals surface area contributed by atoms with Crippen molar-refractivity contribution in [2.24, 2.45) is 0 Å². The van der Waals surface area contributed by atoms with Crippen molar-refractivity contribution in [3.63, 3.8) is 0 Å². The van der Waals surface area contributed by atoms with E-state index in [-0.39, 0.29) is 12.4 Å². The molecule has 0 unspecified atom stereocenters. The summed E-state index contributed by atoms with van der Waals surface area (Å²) >= 11 is 0. The summed E-state index contributed by atoms with van der Waals surface area (Å²) in [5.74, 6) is 0. The molecule has 0 aliphatic carbocycles. The molecule has 142 valence electrons. The molecule has 0 aliphatic rings. The van der Waals surface area contributed by atoms with Gasteiger partial charge in [-0.3, -0.25) is 0 Å². The standard InChI is InChI=1S/C21H41N2.ClH/c1-3-5-6-7-8-9-10-11-12-13-14-15-16-17-18-23-20-19-22(4-2)21-23;/h19-21H,3-18H2,1-2H3;1H/q+1;/p-1. The van der Waals surface area contributed by atoms with Crippen molar-refractivity contribution in [1.29, 1.82) is 0 Å². The zero-order valence-corrected chi connectivity index (χ0v) is 17.1. The van der Waals surface area contributed by atoms with Crippen molar-refractivity contribution >= 4 is 0 Å². The van der Waals surface area contributed by atoms with E-state index in [1.807, 2.05) is 0 Å². The number of hydrogen-bond acceptors (Lipinski definition) is 0. The van der Waals surface area contributed by atoms with Crippen LogP contribution in [0.3, 0.4) is 0 Å². The van der Waals surface area contributed by atoms with Crippen LogP contribution in [0.15, 0.2) is 18.7 Å². The SMILES string of the molecule is CCCCCCCCCCCCCCCC[n+]1ccn(CC)c1.[Cl-]. The number of imidazole rings is 1. The monoisotopic (exact) mass is 356 g/mol. The zero-order valence-electron chi connectivity index (χ0n) is 16.3. The number of rotatable bonds is 16. The first kappa shape index (κ1) is 23.5. The third kappa shape index (κ3) is 12.9. The van der Waals surface area contributed by atoms with Gasteiger partial charge in [0.15, 0.2) is 0 Å². The maximum absolute atomic E-state index is 2.32. The van der Waals surface area contributed by atoms with Crippen LogP contribution in [-0.2, 0) is 13.1 Å². The van der Waals surface area contributed by atoms with E-state index in [0.29, 0.717) is 0 Å². The van der Waals surface area contributed by atoms with Crippen molar-refractivity contribution in [2.45, 2.75) is 117 Å². The largest absolute Gasteiger partial charge is 1.00 e. The number of halogens is 1. The van der Waals surface area contributed by atoms with E-state index in [2.05, 4.69) is 41.7 Å². The molecule has 2 nitrogen and oxygen atoms in total. The molecule has 0 fully saturated rings. The average Bonchev–Trinajstić information content (AvgIpc) is 3.03. The lowest BCUT2D eigenvalue weighted by atomic mass is 10.0. The van der Waals surface area contributed by atoms with Gasteiger partial charge in [-0.25, -0.2) is 9.13 Å². The zero-order chi connectivity index (χ0) is 16.6. The Morgan fingerprint density at radius 1 is 0.667 bits per heavy atom. The summed E-state index contributed by atoms with van der Waals surface area (Å²) < 4.78 is 4.56. The van der Waals surface area contributed by atoms with E-state index in [9.17, 15) is 0 Å². The van der Waals surface area contributed by atoms with Crippen LogP contribution in [0.25, 0.3) is 0 Å². The molecule has 1 aromatic rings. The molecule has 3 heteroatoms. The second kappa shape index (κ2) is 17.3. The van der Waals surface area contributed by atoms with Crippen molar-refractivity contribution in [2.75, 3.05) is 0 Å². The first-order chi connectivity index (χ1) is 11.4. The Hall–Kier alpha value is -0.500. The summed E-state index contributed by atoms with van der Waals surface area (Å²) in [4.78, 5) is 0. The van der Waals surface area contributed by atoms with Gasteiger partial charge in [0.05, 0.1) is 13.1 Å². The quantitative estimate of drug-likeness (QED) is 0.317. The summed E-state index contributed by atoms with van der Waals surface area (Å²) in [5.41, 5.74) is 0. The Bertz CT molecular complexity index is 362. The molecule has 0 radical (unpaired) electrons. The van der Waals surface area contributed by atoms with E-state index < -0.39 is 0 Å². The molecule has 0 aromatic carbocycles. The highest BCUT2D eigenvalue weighted by molar-refractivity contribution is 4.64. The fourth-order valence-electron chi connectivity index (χ4n) is 3.25. The summed E-state index contributed by atoms with van der Waals surface area (Å²) in [5, 5.41) is 0. The molecule has 0 spiro atoms. The predicted molar refractivity (Wildman–Crippen MR) is 101 cm³/mol. The number of nitrogens with zero attached hydrogens (tertiary/aromatic N) is 2. The Kier molecular flexibility index (Phi) is 17.0. The average molecular weight is 357 g/mol. The first-order valence-corrected chi connectivity index (χ1v) is 10.4. The van der Waals surface area contributed by atoms with Crippen LogP contribution in [0.1, 0.15) is 104 Å². The number of hydrogen-bond donors (Lipinski definition) is 0. The third-order valence-corrected chi connectivity index (χ3v) is 4.88. The number of aryl methyl sites for hydroxylation is 2. The molecule has 0 amide bonds. The van der Waals surface area contributed by atoms with Gasteiger partial charge in [0, 0.05) is 0 Å². The predicted octanol–water partition coefficient (Wildman–Crippen LogP) is 3.28. The molecular formula is C21H41ClN2. The lowest BCUT2D eigenvalue weighted by molar-refractivity contribution is -0.696. The number of unbranched alkanes of at least 4 members (excludes halogenated alkanes) is 13. The lowest BCUT2D eigenvalue weighted by Gasteiger charge is -2.03. The fourth-order valence-corrected chi connectivity index (χ4v) is 3.25. The molecule has 1 heterocycles. The molecule has 0 aliphatic heterocycles. The van der Waals surface area contributed by atoms with Crippen LogP contribution < -0.4 is 17.0 Å². The second-order valence-electron chi connectivity index (χ2n) is 7.08. The van der Waals surface area contributed by atoms with Crippen LogP contribution in [0.5, 0.6) is 0 Å². The van der Waals surface area contributed by atoms with Gasteiger partial charge in [0.2, 0.25) is 6.33 Å². The van der Waals surface area contributed by atoms with Gasteiger partial charge in [-0.2, -0.15) is 0 Å². The van der Waals surface area contributed by atoms with Gasteiger partial charge >= 0.3 is 0 Å². The van der Waals surface area contributed by atoms with E-state index in [4.69, 9.17) is 0 Å². The lowest BCUT2D eigenvalue weighted by Crippen LogP contribution is -3.00. The number of aromatic nitrogens is 2. The maximum atomic E-state index is 2.32. The van der Waals surface area contributed by atoms with Crippen molar-refractivity contribution in [3.8, 4) is 0 Å². The topological polar surface area (TPSA) is 8.81 Å². The molecule has 0 saturated heterocycles. The van der Waals surface area contributed by atoms with Crippen molar-refractivity contribution in [1.82, 2.24) is 4.57 Å². The fraction of sp³-hybridized carbons (Fsp3) is 0.857. The summed E-state index contributed by atoms with van der Waals surface area (Å²) in [6, 6.07) is 0. The highest BCUT2D eigenvalue weighted by atomic mass is 35.5. The normalized spacial score (nSPS) is 10.8. The van der Waals surface area contributed by atoms with Gasteiger partial charge < -0.3 is 12.4 Å². The minimum atomic E-state index is 0. The molecule has 1 rings (SSSR count). The first-order valence-electron chi connectivity index (χ1n) is 10.4. The Morgan fingerprint density at radius 3 is 1.54 bits per heavy atom. The molecule has 0 bridgehead atoms. The van der Waals surface area contributed by atoms with Crippen LogP contribution in [0.2, 0.25) is 0 Å². The molecule has 0 saturated carbocycles. The minimum Gasteiger partial charge on any atom is -1.00 e. The highest BCUT2D eigenvalue weighted by Gasteiger charge is 2.01. The maximum Gasteiger partial charge on any atom is 0.243 e. The van der Waals surface area contributed by atoms with Gasteiger partial charge in [-0.05, 0) is 19.8 Å². The Balaban J connectivity index is 0.00000529. The van der Waals surface area contributed by atoms with E-state index in [1.165, 1.54) is 96.4 Å². The summed E-state index contributed by atoms with van der Waals surface area (Å²) in [6.45, 7) is 6.75. The minimum absolute atomic E-state index is 0. The van der Waals surface area contributed by atoms with Crippen LogP contribution in [0.4, 0.5) is 0 Å². The van der Waals surface area contributed by atoms with Gasteiger partial charge in [0.1, 0.15) is 12.4 Å². The van der Waals surface area contributed by atoms with E-state index in [1.54, 1.807) is 0 Å².